The molecule has 0 radical (unpaired) electrons. The average Bonchev–Trinajstić information content (AvgIpc) is 2.40. The van der Waals surface area contributed by atoms with Gasteiger partial charge in [0.05, 0.1) is 5.41 Å². The van der Waals surface area contributed by atoms with Gasteiger partial charge >= 0.3 is 5.97 Å². The highest BCUT2D eigenvalue weighted by molar-refractivity contribution is 5.94. The summed E-state index contributed by atoms with van der Waals surface area (Å²) in [5, 5.41) is 9.13. The van der Waals surface area contributed by atoms with Crippen molar-refractivity contribution in [2.75, 3.05) is 13.1 Å². The molecule has 0 saturated carbocycles. The molecule has 0 unspecified atom stereocenters. The highest BCUT2D eigenvalue weighted by Gasteiger charge is 2.38. The summed E-state index contributed by atoms with van der Waals surface area (Å²) >= 11 is 0. The number of likely N-dealkylation sites (tertiary alicyclic amines) is 1. The van der Waals surface area contributed by atoms with E-state index in [-0.39, 0.29) is 5.91 Å². The van der Waals surface area contributed by atoms with Gasteiger partial charge in [-0.3, -0.25) is 14.6 Å². The summed E-state index contributed by atoms with van der Waals surface area (Å²) in [6, 6.07) is 3.35. The fraction of sp³-hybridized carbons (Fsp3) is 0.462. The first-order chi connectivity index (χ1) is 8.53. The quantitative estimate of drug-likeness (QED) is 0.859. The summed E-state index contributed by atoms with van der Waals surface area (Å²) < 4.78 is 0. The molecule has 5 nitrogen and oxygen atoms in total. The minimum atomic E-state index is -0.779. The van der Waals surface area contributed by atoms with Gasteiger partial charge in [0.25, 0.3) is 5.91 Å². The number of piperidine rings is 1. The van der Waals surface area contributed by atoms with Crippen LogP contribution in [0.2, 0.25) is 0 Å². The molecule has 1 aromatic heterocycles. The summed E-state index contributed by atoms with van der Waals surface area (Å²) in [5.74, 6) is -0.830. The molecule has 0 spiro atoms. The number of carbonyl (C=O) groups is 2. The molecular formula is C13H16N2O3. The van der Waals surface area contributed by atoms with Gasteiger partial charge in [-0.2, -0.15) is 0 Å². The summed E-state index contributed by atoms with van der Waals surface area (Å²) in [6.07, 6.45) is 4.16. The second kappa shape index (κ2) is 4.76. The number of pyridine rings is 1. The Morgan fingerprint density at radius 3 is 2.33 bits per heavy atom. The molecule has 96 valence electrons. The number of amides is 1. The van der Waals surface area contributed by atoms with E-state index in [4.69, 9.17) is 5.11 Å². The number of hydrogen-bond acceptors (Lipinski definition) is 3. The first kappa shape index (κ1) is 12.5. The van der Waals surface area contributed by atoms with E-state index in [1.807, 2.05) is 0 Å². The zero-order valence-corrected chi connectivity index (χ0v) is 10.3. The maximum Gasteiger partial charge on any atom is 0.309 e. The Kier molecular flexibility index (Phi) is 3.32. The second-order valence-corrected chi connectivity index (χ2v) is 4.89. The Hall–Kier alpha value is -1.91. The molecule has 1 aromatic rings. The summed E-state index contributed by atoms with van der Waals surface area (Å²) in [7, 11) is 0. The minimum absolute atomic E-state index is 0.0511. The van der Waals surface area contributed by atoms with E-state index in [9.17, 15) is 9.59 Å². The molecule has 0 bridgehead atoms. The highest BCUT2D eigenvalue weighted by Crippen LogP contribution is 2.31. The molecule has 1 N–H and O–H groups in total. The van der Waals surface area contributed by atoms with Gasteiger partial charge in [-0.05, 0) is 31.9 Å². The number of nitrogens with zero attached hydrogens (tertiary/aromatic N) is 2. The predicted molar refractivity (Wildman–Crippen MR) is 65.1 cm³/mol. The van der Waals surface area contributed by atoms with Crippen LogP contribution in [0, 0.1) is 5.41 Å². The van der Waals surface area contributed by atoms with E-state index < -0.39 is 11.4 Å². The van der Waals surface area contributed by atoms with Gasteiger partial charge in [0.1, 0.15) is 0 Å². The monoisotopic (exact) mass is 248 g/mol. The molecule has 0 aromatic carbocycles. The van der Waals surface area contributed by atoms with Crippen LogP contribution in [-0.2, 0) is 4.79 Å². The molecule has 1 aliphatic heterocycles. The molecule has 0 aliphatic carbocycles. The van der Waals surface area contributed by atoms with Crippen molar-refractivity contribution in [3.63, 3.8) is 0 Å². The number of aliphatic carboxylic acids is 1. The van der Waals surface area contributed by atoms with E-state index in [0.717, 1.165) is 0 Å². The molecule has 0 atom stereocenters. The molecule has 1 fully saturated rings. The third-order valence-electron chi connectivity index (χ3n) is 3.60. The van der Waals surface area contributed by atoms with Crippen molar-refractivity contribution in [2.24, 2.45) is 5.41 Å². The lowest BCUT2D eigenvalue weighted by molar-refractivity contribution is -0.150. The number of carboxylic acid groups (broad SMARTS) is 1. The SMILES string of the molecule is CC1(C(=O)O)CCN(C(=O)c2ccncc2)CC1. The smallest absolute Gasteiger partial charge is 0.309 e. The maximum absolute atomic E-state index is 12.1. The maximum atomic E-state index is 12.1. The topological polar surface area (TPSA) is 70.5 Å². The van der Waals surface area contributed by atoms with Crippen molar-refractivity contribution in [2.45, 2.75) is 19.8 Å². The lowest BCUT2D eigenvalue weighted by atomic mass is 9.80. The van der Waals surface area contributed by atoms with Crippen LogP contribution in [0.15, 0.2) is 24.5 Å². The van der Waals surface area contributed by atoms with Crippen LogP contribution >= 0.6 is 0 Å². The fourth-order valence-corrected chi connectivity index (χ4v) is 2.09. The molecule has 1 saturated heterocycles. The first-order valence-corrected chi connectivity index (χ1v) is 5.96. The lowest BCUT2D eigenvalue weighted by Gasteiger charge is -2.36. The largest absolute Gasteiger partial charge is 0.481 e. The summed E-state index contributed by atoms with van der Waals surface area (Å²) in [6.45, 7) is 2.72. The van der Waals surface area contributed by atoms with Crippen LogP contribution in [0.5, 0.6) is 0 Å². The van der Waals surface area contributed by atoms with Crippen molar-refractivity contribution in [1.82, 2.24) is 9.88 Å². The molecule has 5 heteroatoms. The highest BCUT2D eigenvalue weighted by atomic mass is 16.4. The molecular weight excluding hydrogens is 232 g/mol. The number of rotatable bonds is 2. The van der Waals surface area contributed by atoms with Crippen LogP contribution in [0.4, 0.5) is 0 Å². The van der Waals surface area contributed by atoms with E-state index in [1.165, 1.54) is 0 Å². The molecule has 2 heterocycles. The van der Waals surface area contributed by atoms with E-state index in [1.54, 1.807) is 36.4 Å². The average molecular weight is 248 g/mol. The standard InChI is InChI=1S/C13H16N2O3/c1-13(12(17)18)4-8-15(9-5-13)11(16)10-2-6-14-7-3-10/h2-3,6-7H,4-5,8-9H2,1H3,(H,17,18). The van der Waals surface area contributed by atoms with E-state index in [2.05, 4.69) is 4.98 Å². The van der Waals surface area contributed by atoms with Gasteiger partial charge in [-0.1, -0.05) is 0 Å². The zero-order chi connectivity index (χ0) is 13.2. The molecule has 18 heavy (non-hydrogen) atoms. The van der Waals surface area contributed by atoms with E-state index in [0.29, 0.717) is 31.5 Å². The molecule has 1 aliphatic rings. The Morgan fingerprint density at radius 1 is 1.28 bits per heavy atom. The molecule has 1 amide bonds. The van der Waals surface area contributed by atoms with Crippen LogP contribution in [0.1, 0.15) is 30.1 Å². The van der Waals surface area contributed by atoms with Crippen molar-refractivity contribution >= 4 is 11.9 Å². The van der Waals surface area contributed by atoms with Crippen LogP contribution in [0.25, 0.3) is 0 Å². The number of carboxylic acids is 1. The second-order valence-electron chi connectivity index (χ2n) is 4.89. The van der Waals surface area contributed by atoms with Crippen molar-refractivity contribution in [3.8, 4) is 0 Å². The van der Waals surface area contributed by atoms with Crippen molar-refractivity contribution < 1.29 is 14.7 Å². The lowest BCUT2D eigenvalue weighted by Crippen LogP contribution is -2.45. The zero-order valence-electron chi connectivity index (χ0n) is 10.3. The van der Waals surface area contributed by atoms with Gasteiger partial charge in [-0.15, -0.1) is 0 Å². The van der Waals surface area contributed by atoms with Gasteiger partial charge in [-0.25, -0.2) is 0 Å². The molecule has 2 rings (SSSR count). The predicted octanol–water partition coefficient (Wildman–Crippen LogP) is 1.41. The Bertz CT molecular complexity index is 451. The van der Waals surface area contributed by atoms with Gasteiger partial charge in [0.2, 0.25) is 0 Å². The fourth-order valence-electron chi connectivity index (χ4n) is 2.09. The summed E-state index contributed by atoms with van der Waals surface area (Å²) in [5.41, 5.74) is -0.0985. The number of carbonyl (C=O) groups excluding carboxylic acids is 1. The summed E-state index contributed by atoms with van der Waals surface area (Å²) in [4.78, 5) is 28.8. The van der Waals surface area contributed by atoms with Crippen molar-refractivity contribution in [1.29, 1.82) is 0 Å². The third kappa shape index (κ3) is 2.34. The Morgan fingerprint density at radius 2 is 1.83 bits per heavy atom. The van der Waals surface area contributed by atoms with E-state index >= 15 is 0 Å². The normalized spacial score (nSPS) is 18.4. The number of aromatic nitrogens is 1. The van der Waals surface area contributed by atoms with Crippen LogP contribution in [0.3, 0.4) is 0 Å². The van der Waals surface area contributed by atoms with Gasteiger partial charge in [0, 0.05) is 31.0 Å². The first-order valence-electron chi connectivity index (χ1n) is 5.96. The minimum Gasteiger partial charge on any atom is -0.481 e. The third-order valence-corrected chi connectivity index (χ3v) is 3.60. The van der Waals surface area contributed by atoms with Gasteiger partial charge < -0.3 is 10.0 Å². The van der Waals surface area contributed by atoms with Crippen molar-refractivity contribution in [3.05, 3.63) is 30.1 Å². The number of hydrogen-bond donors (Lipinski definition) is 1. The Balaban J connectivity index is 2.03. The van der Waals surface area contributed by atoms with Gasteiger partial charge in [0.15, 0.2) is 0 Å². The van der Waals surface area contributed by atoms with Crippen LogP contribution in [-0.4, -0.2) is 40.0 Å². The van der Waals surface area contributed by atoms with Crippen LogP contribution < -0.4 is 0 Å². The Labute approximate surface area is 105 Å².